The van der Waals surface area contributed by atoms with Crippen molar-refractivity contribution >= 4 is 11.9 Å². The van der Waals surface area contributed by atoms with Gasteiger partial charge in [0.05, 0.1) is 37.9 Å². The van der Waals surface area contributed by atoms with E-state index in [0.29, 0.717) is 45.4 Å². The molecule has 11 nitrogen and oxygen atoms in total. The number of nitrogens with one attached hydrogen (secondary N) is 1. The van der Waals surface area contributed by atoms with Crippen molar-refractivity contribution in [2.75, 3.05) is 40.1 Å². The molecule has 4 aliphatic carbocycles. The summed E-state index contributed by atoms with van der Waals surface area (Å²) in [4.78, 5) is 31.1. The fourth-order valence-corrected chi connectivity index (χ4v) is 13.1. The number of amides is 1. The van der Waals surface area contributed by atoms with Crippen molar-refractivity contribution in [2.45, 2.75) is 118 Å². The van der Waals surface area contributed by atoms with Gasteiger partial charge in [0.15, 0.2) is 0 Å². The highest BCUT2D eigenvalue weighted by molar-refractivity contribution is 5.90. The summed E-state index contributed by atoms with van der Waals surface area (Å²) >= 11 is 0. The van der Waals surface area contributed by atoms with Crippen molar-refractivity contribution < 1.29 is 28.9 Å². The molecule has 11 atom stereocenters. The van der Waals surface area contributed by atoms with E-state index in [-0.39, 0.29) is 63.3 Å². The molecule has 1 unspecified atom stereocenters. The standard InChI is InChI=1S/C40H63N5O6/c1-24(2)25(3)35(4)13-14-37(6)26-9-10-29-36(5)20-50-22-40(29,27(26)11-12-38(37,7)30(35)34(47)48)19-28(45-32(33(46)42-8)43-23-44-45)31(36)51-21-39(41)15-17-49-18-16-39/h11,23-26,28-31H,9-10,12-22,41H2,1-8H3,(H,42,46)(H,47,48)/t25-,26+,28-,29+,30-,31+,35-,36+,37-,38+,40?/m1/s1. The van der Waals surface area contributed by atoms with Gasteiger partial charge in [-0.05, 0) is 91.3 Å². The number of rotatable bonds is 8. The van der Waals surface area contributed by atoms with Crippen LogP contribution >= 0.6 is 0 Å². The Morgan fingerprint density at radius 2 is 1.78 bits per heavy atom. The van der Waals surface area contributed by atoms with Crippen molar-refractivity contribution in [3.05, 3.63) is 23.8 Å². The van der Waals surface area contributed by atoms with E-state index in [1.165, 1.54) is 11.9 Å². The Morgan fingerprint density at radius 3 is 2.45 bits per heavy atom. The molecule has 0 aromatic carbocycles. The van der Waals surface area contributed by atoms with E-state index in [0.717, 1.165) is 44.9 Å². The van der Waals surface area contributed by atoms with Gasteiger partial charge in [-0.15, -0.1) is 0 Å². The Balaban J connectivity index is 1.32. The number of ether oxygens (including phenoxy) is 3. The molecule has 3 saturated carbocycles. The lowest BCUT2D eigenvalue weighted by Gasteiger charge is -2.71. The van der Waals surface area contributed by atoms with Crippen LogP contribution in [0.25, 0.3) is 0 Å². The van der Waals surface area contributed by atoms with E-state index in [2.05, 4.69) is 64.8 Å². The van der Waals surface area contributed by atoms with E-state index >= 15 is 0 Å². The number of carboxylic acids is 1. The molecule has 7 rings (SSSR count). The van der Waals surface area contributed by atoms with Gasteiger partial charge < -0.3 is 30.4 Å². The first-order valence-corrected chi connectivity index (χ1v) is 19.6. The molecule has 5 fully saturated rings. The highest BCUT2D eigenvalue weighted by Gasteiger charge is 2.72. The number of hydrogen-bond acceptors (Lipinski definition) is 8. The lowest BCUT2D eigenvalue weighted by molar-refractivity contribution is -0.253. The smallest absolute Gasteiger partial charge is 0.307 e. The first-order chi connectivity index (χ1) is 24.0. The molecule has 1 aromatic rings. The van der Waals surface area contributed by atoms with Crippen molar-refractivity contribution in [3.63, 3.8) is 0 Å². The van der Waals surface area contributed by atoms with Gasteiger partial charge in [0, 0.05) is 36.6 Å². The monoisotopic (exact) mass is 709 g/mol. The fraction of sp³-hybridized carbons (Fsp3) is 0.850. The maximum Gasteiger partial charge on any atom is 0.307 e. The molecule has 2 saturated heterocycles. The van der Waals surface area contributed by atoms with Crippen LogP contribution in [0.15, 0.2) is 18.0 Å². The molecule has 11 heteroatoms. The minimum Gasteiger partial charge on any atom is -0.481 e. The Morgan fingerprint density at radius 1 is 1.06 bits per heavy atom. The number of aliphatic carboxylic acids is 1. The third-order valence-electron chi connectivity index (χ3n) is 16.4. The molecule has 1 aromatic heterocycles. The quantitative estimate of drug-likeness (QED) is 0.291. The fourth-order valence-electron chi connectivity index (χ4n) is 13.1. The lowest BCUT2D eigenvalue weighted by atomic mass is 9.34. The second kappa shape index (κ2) is 12.6. The van der Waals surface area contributed by atoms with E-state index < -0.39 is 22.8 Å². The molecule has 6 aliphatic rings. The zero-order valence-corrected chi connectivity index (χ0v) is 32.3. The number of carbonyl (C=O) groups is 2. The first kappa shape index (κ1) is 37.0. The van der Waals surface area contributed by atoms with Crippen LogP contribution in [0.3, 0.4) is 0 Å². The van der Waals surface area contributed by atoms with Gasteiger partial charge >= 0.3 is 5.97 Å². The van der Waals surface area contributed by atoms with Crippen LogP contribution < -0.4 is 11.1 Å². The zero-order valence-electron chi connectivity index (χ0n) is 32.3. The molecule has 284 valence electrons. The topological polar surface area (TPSA) is 151 Å². The summed E-state index contributed by atoms with van der Waals surface area (Å²) in [7, 11) is 1.62. The van der Waals surface area contributed by atoms with Crippen LogP contribution in [0, 0.1) is 56.7 Å². The summed E-state index contributed by atoms with van der Waals surface area (Å²) in [6.07, 6.45) is 10.5. The van der Waals surface area contributed by atoms with Crippen LogP contribution in [0.1, 0.15) is 116 Å². The molecule has 0 spiro atoms. The average molecular weight is 710 g/mol. The van der Waals surface area contributed by atoms with Crippen LogP contribution in [-0.2, 0) is 19.0 Å². The summed E-state index contributed by atoms with van der Waals surface area (Å²) in [6.45, 7) is 18.8. The molecule has 2 bridgehead atoms. The summed E-state index contributed by atoms with van der Waals surface area (Å²) in [5.41, 5.74) is 6.30. The number of aromatic nitrogens is 3. The number of nitrogens with two attached hydrogens (primary N) is 1. The van der Waals surface area contributed by atoms with Gasteiger partial charge in [0.1, 0.15) is 6.33 Å². The van der Waals surface area contributed by atoms with Gasteiger partial charge in [-0.1, -0.05) is 60.1 Å². The van der Waals surface area contributed by atoms with Gasteiger partial charge in [-0.2, -0.15) is 5.10 Å². The number of allylic oxidation sites excluding steroid dienone is 1. The van der Waals surface area contributed by atoms with E-state index in [4.69, 9.17) is 25.0 Å². The van der Waals surface area contributed by atoms with Gasteiger partial charge in [0.2, 0.25) is 5.82 Å². The van der Waals surface area contributed by atoms with Gasteiger partial charge in [-0.25, -0.2) is 9.67 Å². The van der Waals surface area contributed by atoms with Crippen molar-refractivity contribution in [3.8, 4) is 0 Å². The average Bonchev–Trinajstić information content (AvgIpc) is 3.57. The molecule has 4 N–H and O–H groups in total. The maximum atomic E-state index is 13.5. The second-order valence-electron chi connectivity index (χ2n) is 18.9. The Hall–Kier alpha value is -2.34. The Labute approximate surface area is 304 Å². The van der Waals surface area contributed by atoms with E-state index in [9.17, 15) is 14.7 Å². The number of carbonyl (C=O) groups excluding carboxylic acids is 1. The first-order valence-electron chi connectivity index (χ1n) is 19.6. The second-order valence-corrected chi connectivity index (χ2v) is 18.9. The highest BCUT2D eigenvalue weighted by atomic mass is 16.5. The predicted molar refractivity (Wildman–Crippen MR) is 193 cm³/mol. The normalized spacial score (nSPS) is 43.6. The molecular weight excluding hydrogens is 646 g/mol. The van der Waals surface area contributed by atoms with E-state index in [1.54, 1.807) is 7.05 Å². The molecule has 1 amide bonds. The summed E-state index contributed by atoms with van der Waals surface area (Å²) in [6, 6.07) is -0.275. The highest BCUT2D eigenvalue weighted by Crippen LogP contribution is 2.75. The summed E-state index contributed by atoms with van der Waals surface area (Å²) < 4.78 is 21.2. The number of nitrogens with zero attached hydrogens (tertiary/aromatic N) is 3. The number of fused-ring (bicyclic) bond motifs is 3. The van der Waals surface area contributed by atoms with Crippen LogP contribution in [0.4, 0.5) is 0 Å². The minimum atomic E-state index is -0.650. The maximum absolute atomic E-state index is 13.5. The molecule has 3 heterocycles. The van der Waals surface area contributed by atoms with Crippen molar-refractivity contribution in [1.29, 1.82) is 0 Å². The van der Waals surface area contributed by atoms with Crippen LogP contribution in [0.5, 0.6) is 0 Å². The van der Waals surface area contributed by atoms with Crippen molar-refractivity contribution in [2.24, 2.45) is 62.4 Å². The SMILES string of the molecule is CNC(=O)c1ncnn1[C@@H]1CC23COC[C@@](C)([C@@H]2CC[C@H]2C3=CC[C@@]3(C)[C@H](C(=O)O)[C@@](C)([C@H](C)C(C)C)CC[C@]23C)[C@H]1OCC1(N)CCOCC1. The van der Waals surface area contributed by atoms with Crippen LogP contribution in [0.2, 0.25) is 0 Å². The van der Waals surface area contributed by atoms with Gasteiger partial charge in [-0.3, -0.25) is 9.59 Å². The Kier molecular flexibility index (Phi) is 9.16. The third kappa shape index (κ3) is 5.24. The van der Waals surface area contributed by atoms with E-state index in [1.807, 2.05) is 4.68 Å². The Bertz CT molecular complexity index is 1550. The molecule has 2 aliphatic heterocycles. The lowest BCUT2D eigenvalue weighted by Crippen LogP contribution is -2.69. The zero-order chi connectivity index (χ0) is 36.8. The predicted octanol–water partition coefficient (Wildman–Crippen LogP) is 5.66. The number of carboxylic acid groups (broad SMARTS) is 1. The van der Waals surface area contributed by atoms with Crippen molar-refractivity contribution in [1.82, 2.24) is 20.1 Å². The van der Waals surface area contributed by atoms with Crippen LogP contribution in [-0.4, -0.2) is 83.5 Å². The molecular formula is C40H63N5O6. The largest absolute Gasteiger partial charge is 0.481 e. The molecule has 51 heavy (non-hydrogen) atoms. The van der Waals surface area contributed by atoms with Gasteiger partial charge in [0.25, 0.3) is 5.91 Å². The number of hydrogen-bond donors (Lipinski definition) is 3. The minimum absolute atomic E-state index is 0.192. The summed E-state index contributed by atoms with van der Waals surface area (Å²) in [5, 5.41) is 18.6. The molecule has 0 radical (unpaired) electrons. The summed E-state index contributed by atoms with van der Waals surface area (Å²) in [5.74, 6) is 0.117. The third-order valence-corrected chi connectivity index (χ3v) is 16.4.